The third-order valence-electron chi connectivity index (χ3n) is 5.50. The fourth-order valence-electron chi connectivity index (χ4n) is 3.89. The van der Waals surface area contributed by atoms with E-state index in [1.165, 1.54) is 55.2 Å². The van der Waals surface area contributed by atoms with E-state index in [1.54, 1.807) is 12.1 Å². The zero-order valence-corrected chi connectivity index (χ0v) is 17.0. The minimum Gasteiger partial charge on any atom is -0.504 e. The lowest BCUT2D eigenvalue weighted by atomic mass is 10.0. The zero-order valence-electron chi connectivity index (χ0n) is 17.0. The largest absolute Gasteiger partial charge is 0.573 e. The molecule has 4 rings (SSSR count). The molecule has 31 heavy (non-hydrogen) atoms. The molecular weight excluding hydrogens is 405 g/mol. The second kappa shape index (κ2) is 8.53. The molecule has 1 aliphatic carbocycles. The number of hydrogen-bond acceptors (Lipinski definition) is 3. The van der Waals surface area contributed by atoms with Crippen LogP contribution in [0.5, 0.6) is 23.0 Å². The van der Waals surface area contributed by atoms with Crippen molar-refractivity contribution in [3.8, 4) is 34.1 Å². The van der Waals surface area contributed by atoms with Crippen LogP contribution in [0.15, 0.2) is 66.7 Å². The van der Waals surface area contributed by atoms with Gasteiger partial charge in [0, 0.05) is 0 Å². The van der Waals surface area contributed by atoms with Crippen LogP contribution in [0.4, 0.5) is 13.2 Å². The number of phenolic OH excluding ortho intramolecular Hbond substituents is 1. The van der Waals surface area contributed by atoms with Gasteiger partial charge in [-0.1, -0.05) is 50.1 Å². The van der Waals surface area contributed by atoms with Crippen molar-refractivity contribution >= 4 is 0 Å². The second-order valence-corrected chi connectivity index (χ2v) is 7.82. The van der Waals surface area contributed by atoms with Gasteiger partial charge in [0.25, 0.3) is 0 Å². The van der Waals surface area contributed by atoms with E-state index in [1.807, 2.05) is 12.1 Å². The highest BCUT2D eigenvalue weighted by molar-refractivity contribution is 5.67. The van der Waals surface area contributed by atoms with Crippen molar-refractivity contribution in [2.75, 3.05) is 0 Å². The monoisotopic (exact) mass is 428 g/mol. The molecule has 0 saturated heterocycles. The van der Waals surface area contributed by atoms with Crippen LogP contribution in [0.25, 0.3) is 11.1 Å². The van der Waals surface area contributed by atoms with Gasteiger partial charge in [-0.15, -0.1) is 13.2 Å². The Hall–Kier alpha value is -3.15. The third kappa shape index (κ3) is 5.32. The topological polar surface area (TPSA) is 38.7 Å². The van der Waals surface area contributed by atoms with Gasteiger partial charge in [0.15, 0.2) is 11.5 Å². The maximum atomic E-state index is 12.3. The van der Waals surface area contributed by atoms with E-state index in [0.717, 1.165) is 5.92 Å². The van der Waals surface area contributed by atoms with E-state index in [9.17, 15) is 18.3 Å². The predicted molar refractivity (Wildman–Crippen MR) is 112 cm³/mol. The number of hydrogen-bond donors (Lipinski definition) is 1. The summed E-state index contributed by atoms with van der Waals surface area (Å²) in [6.07, 6.45) is -1.00. The van der Waals surface area contributed by atoms with Crippen molar-refractivity contribution in [2.45, 2.75) is 38.5 Å². The average molecular weight is 428 g/mol. The van der Waals surface area contributed by atoms with Gasteiger partial charge >= 0.3 is 6.36 Å². The standard InChI is InChI=1S/C25H23F3O3/c1-2-3-19-14-22(19)17-6-9-20(10-7-17)30-24-13-8-18(15-23(24)29)16-4-11-21(12-5-16)31-25(26,27)28/h4-13,15,19,22,29H,2-3,14H2,1H3. The number of alkyl halides is 3. The summed E-state index contributed by atoms with van der Waals surface area (Å²) in [5, 5.41) is 10.4. The molecular formula is C25H23F3O3. The van der Waals surface area contributed by atoms with Crippen molar-refractivity contribution < 1.29 is 27.8 Å². The quantitative estimate of drug-likeness (QED) is 0.420. The molecule has 0 amide bonds. The fourth-order valence-corrected chi connectivity index (χ4v) is 3.89. The number of rotatable bonds is 7. The van der Waals surface area contributed by atoms with Crippen molar-refractivity contribution in [3.63, 3.8) is 0 Å². The lowest BCUT2D eigenvalue weighted by molar-refractivity contribution is -0.274. The highest BCUT2D eigenvalue weighted by atomic mass is 19.4. The molecule has 3 aromatic rings. The molecule has 2 unspecified atom stereocenters. The molecule has 6 heteroatoms. The van der Waals surface area contributed by atoms with Gasteiger partial charge in [-0.05, 0) is 71.3 Å². The highest BCUT2D eigenvalue weighted by Crippen LogP contribution is 2.50. The Morgan fingerprint density at radius 2 is 1.55 bits per heavy atom. The minimum atomic E-state index is -4.73. The molecule has 1 saturated carbocycles. The fraction of sp³-hybridized carbons (Fsp3) is 0.280. The number of ether oxygens (including phenoxy) is 2. The number of phenols is 1. The van der Waals surface area contributed by atoms with Crippen LogP contribution >= 0.6 is 0 Å². The molecule has 1 fully saturated rings. The molecule has 1 N–H and O–H groups in total. The molecule has 0 heterocycles. The minimum absolute atomic E-state index is 0.0533. The number of benzene rings is 3. The molecule has 0 spiro atoms. The molecule has 0 radical (unpaired) electrons. The van der Waals surface area contributed by atoms with E-state index >= 15 is 0 Å². The zero-order chi connectivity index (χ0) is 22.0. The Balaban J connectivity index is 1.42. The average Bonchev–Trinajstić information content (AvgIpc) is 3.49. The van der Waals surface area contributed by atoms with Crippen molar-refractivity contribution in [1.82, 2.24) is 0 Å². The number of halogens is 3. The first-order valence-corrected chi connectivity index (χ1v) is 10.3. The third-order valence-corrected chi connectivity index (χ3v) is 5.50. The Bertz CT molecular complexity index is 1030. The Morgan fingerprint density at radius 3 is 2.16 bits per heavy atom. The molecule has 0 aromatic heterocycles. The summed E-state index contributed by atoms with van der Waals surface area (Å²) in [6, 6.07) is 18.3. The summed E-state index contributed by atoms with van der Waals surface area (Å²) in [5.41, 5.74) is 2.62. The normalized spacial score (nSPS) is 17.9. The molecule has 3 nitrogen and oxygen atoms in total. The van der Waals surface area contributed by atoms with Crippen LogP contribution in [0.1, 0.15) is 37.7 Å². The smallest absolute Gasteiger partial charge is 0.504 e. The van der Waals surface area contributed by atoms with Crippen LogP contribution in [0.3, 0.4) is 0 Å². The highest BCUT2D eigenvalue weighted by Gasteiger charge is 2.37. The maximum absolute atomic E-state index is 12.3. The van der Waals surface area contributed by atoms with Crippen LogP contribution in [0, 0.1) is 5.92 Å². The molecule has 0 bridgehead atoms. The molecule has 0 aliphatic heterocycles. The van der Waals surface area contributed by atoms with Gasteiger partial charge in [-0.25, -0.2) is 0 Å². The van der Waals surface area contributed by atoms with E-state index in [-0.39, 0.29) is 11.5 Å². The van der Waals surface area contributed by atoms with Gasteiger partial charge in [-0.3, -0.25) is 0 Å². The SMILES string of the molecule is CCCC1CC1c1ccc(Oc2ccc(-c3ccc(OC(F)(F)F)cc3)cc2O)cc1. The van der Waals surface area contributed by atoms with E-state index in [0.29, 0.717) is 28.5 Å². The Kier molecular flexibility index (Phi) is 5.81. The summed E-state index contributed by atoms with van der Waals surface area (Å²) in [4.78, 5) is 0. The van der Waals surface area contributed by atoms with E-state index in [4.69, 9.17) is 4.74 Å². The molecule has 162 valence electrons. The number of aromatic hydroxyl groups is 1. The first kappa shape index (κ1) is 21.1. The van der Waals surface area contributed by atoms with Crippen molar-refractivity contribution in [1.29, 1.82) is 0 Å². The van der Waals surface area contributed by atoms with Gasteiger partial charge in [0.2, 0.25) is 0 Å². The summed E-state index contributed by atoms with van der Waals surface area (Å²) < 4.78 is 46.5. The van der Waals surface area contributed by atoms with Gasteiger partial charge in [0.05, 0.1) is 0 Å². The van der Waals surface area contributed by atoms with Crippen LogP contribution in [-0.4, -0.2) is 11.5 Å². The summed E-state index contributed by atoms with van der Waals surface area (Å²) in [6.45, 7) is 2.21. The molecule has 1 aliphatic rings. The van der Waals surface area contributed by atoms with Crippen molar-refractivity contribution in [2.24, 2.45) is 5.92 Å². The van der Waals surface area contributed by atoms with E-state index < -0.39 is 6.36 Å². The molecule has 3 aromatic carbocycles. The van der Waals surface area contributed by atoms with Crippen LogP contribution < -0.4 is 9.47 Å². The van der Waals surface area contributed by atoms with E-state index in [2.05, 4.69) is 23.8 Å². The second-order valence-electron chi connectivity index (χ2n) is 7.82. The Labute approximate surface area is 179 Å². The Morgan fingerprint density at radius 1 is 0.903 bits per heavy atom. The van der Waals surface area contributed by atoms with Crippen molar-refractivity contribution in [3.05, 3.63) is 72.3 Å². The van der Waals surface area contributed by atoms with Crippen LogP contribution in [-0.2, 0) is 0 Å². The maximum Gasteiger partial charge on any atom is 0.573 e. The summed E-state index contributed by atoms with van der Waals surface area (Å²) >= 11 is 0. The molecule has 2 atom stereocenters. The first-order chi connectivity index (χ1) is 14.8. The summed E-state index contributed by atoms with van der Waals surface area (Å²) in [7, 11) is 0. The van der Waals surface area contributed by atoms with Gasteiger partial charge < -0.3 is 14.6 Å². The van der Waals surface area contributed by atoms with Crippen LogP contribution in [0.2, 0.25) is 0 Å². The lowest BCUT2D eigenvalue weighted by Gasteiger charge is -2.11. The first-order valence-electron chi connectivity index (χ1n) is 10.3. The van der Waals surface area contributed by atoms with Gasteiger partial charge in [-0.2, -0.15) is 0 Å². The van der Waals surface area contributed by atoms with Gasteiger partial charge in [0.1, 0.15) is 11.5 Å². The predicted octanol–water partition coefficient (Wildman–Crippen LogP) is 7.65. The summed E-state index contributed by atoms with van der Waals surface area (Å²) in [5.74, 6) is 2.03. The lowest BCUT2D eigenvalue weighted by Crippen LogP contribution is -2.16.